The van der Waals surface area contributed by atoms with Crippen molar-refractivity contribution in [3.63, 3.8) is 0 Å². The number of nitrogens with zero attached hydrogens (tertiary/aromatic N) is 5. The van der Waals surface area contributed by atoms with Crippen molar-refractivity contribution in [1.82, 2.24) is 19.9 Å². The Hall–Kier alpha value is -1.63. The van der Waals surface area contributed by atoms with Gasteiger partial charge in [-0.05, 0) is 33.4 Å². The van der Waals surface area contributed by atoms with Crippen molar-refractivity contribution in [3.05, 3.63) is 0 Å². The van der Waals surface area contributed by atoms with Crippen LogP contribution in [0.2, 0.25) is 0 Å². The highest BCUT2D eigenvalue weighted by Gasteiger charge is 2.18. The topological polar surface area (TPSA) is 69.2 Å². The van der Waals surface area contributed by atoms with Crippen molar-refractivity contribution < 1.29 is 0 Å². The van der Waals surface area contributed by atoms with E-state index in [2.05, 4.69) is 37.5 Å². The van der Waals surface area contributed by atoms with Crippen molar-refractivity contribution in [2.24, 2.45) is 0 Å². The molecule has 7 heteroatoms. The fourth-order valence-corrected chi connectivity index (χ4v) is 2.33. The van der Waals surface area contributed by atoms with Crippen molar-refractivity contribution in [2.75, 3.05) is 56.3 Å². The average Bonchev–Trinajstić information content (AvgIpc) is 2.38. The van der Waals surface area contributed by atoms with E-state index in [1.165, 1.54) is 13.0 Å². The van der Waals surface area contributed by atoms with Gasteiger partial charge < -0.3 is 20.4 Å². The summed E-state index contributed by atoms with van der Waals surface area (Å²) >= 11 is 0. The van der Waals surface area contributed by atoms with E-state index >= 15 is 0 Å². The van der Waals surface area contributed by atoms with Gasteiger partial charge in [-0.15, -0.1) is 0 Å². The molecule has 0 saturated carbocycles. The number of likely N-dealkylation sites (N-methyl/N-ethyl adjacent to an activating group) is 1. The molecule has 2 heterocycles. The van der Waals surface area contributed by atoms with E-state index < -0.39 is 0 Å². The minimum atomic E-state index is 0.403. The molecule has 1 atom stereocenters. The van der Waals surface area contributed by atoms with Crippen LogP contribution in [0.5, 0.6) is 0 Å². The van der Waals surface area contributed by atoms with Gasteiger partial charge in [-0.1, -0.05) is 0 Å². The molecular formula is C13H25N7. The van der Waals surface area contributed by atoms with Crippen LogP contribution in [0.4, 0.5) is 17.8 Å². The van der Waals surface area contributed by atoms with E-state index in [-0.39, 0.29) is 0 Å². The van der Waals surface area contributed by atoms with Crippen LogP contribution >= 0.6 is 0 Å². The summed E-state index contributed by atoms with van der Waals surface area (Å²) in [5.41, 5.74) is 0. The second-order valence-corrected chi connectivity index (χ2v) is 5.45. The summed E-state index contributed by atoms with van der Waals surface area (Å²) < 4.78 is 0. The lowest BCUT2D eigenvalue weighted by Crippen LogP contribution is -2.40. The number of piperidine rings is 1. The molecule has 0 aromatic carbocycles. The molecule has 1 aliphatic heterocycles. The normalized spacial score (nSPS) is 19.7. The van der Waals surface area contributed by atoms with Gasteiger partial charge in [0.05, 0.1) is 0 Å². The zero-order valence-electron chi connectivity index (χ0n) is 12.8. The molecule has 2 N–H and O–H groups in total. The summed E-state index contributed by atoms with van der Waals surface area (Å²) in [5, 5.41) is 6.58. The number of likely N-dealkylation sites (tertiary alicyclic amines) is 1. The zero-order valence-corrected chi connectivity index (χ0v) is 12.8. The van der Waals surface area contributed by atoms with Gasteiger partial charge in [-0.2, -0.15) is 15.0 Å². The number of anilines is 3. The highest BCUT2D eigenvalue weighted by molar-refractivity contribution is 5.43. The molecule has 1 aromatic rings. The standard InChI is InChI=1S/C13H25N7/c1-5-14-11-16-12(18-13(17-11)19(2)3)15-10-7-6-8-20(4)9-10/h10H,5-9H2,1-4H3,(H2,14,15,16,17,18). The van der Waals surface area contributed by atoms with E-state index in [1.807, 2.05) is 25.9 Å². The molecule has 0 radical (unpaired) electrons. The van der Waals surface area contributed by atoms with Gasteiger partial charge in [0.25, 0.3) is 0 Å². The first kappa shape index (κ1) is 14.8. The molecular weight excluding hydrogens is 254 g/mol. The lowest BCUT2D eigenvalue weighted by atomic mass is 10.1. The van der Waals surface area contributed by atoms with E-state index in [0.29, 0.717) is 23.9 Å². The van der Waals surface area contributed by atoms with Crippen LogP contribution in [0.15, 0.2) is 0 Å². The Morgan fingerprint density at radius 2 is 2.00 bits per heavy atom. The Bertz CT molecular complexity index is 435. The maximum atomic E-state index is 4.47. The second-order valence-electron chi connectivity index (χ2n) is 5.45. The van der Waals surface area contributed by atoms with Gasteiger partial charge in [-0.25, -0.2) is 0 Å². The molecule has 112 valence electrons. The van der Waals surface area contributed by atoms with Gasteiger partial charge >= 0.3 is 0 Å². The van der Waals surface area contributed by atoms with Crippen molar-refractivity contribution in [2.45, 2.75) is 25.8 Å². The third-order valence-corrected chi connectivity index (χ3v) is 3.32. The number of hydrogen-bond acceptors (Lipinski definition) is 7. The van der Waals surface area contributed by atoms with Crippen LogP contribution in [0.3, 0.4) is 0 Å². The van der Waals surface area contributed by atoms with Crippen molar-refractivity contribution in [1.29, 1.82) is 0 Å². The number of rotatable bonds is 5. The number of aromatic nitrogens is 3. The first-order valence-corrected chi connectivity index (χ1v) is 7.21. The number of nitrogens with one attached hydrogen (secondary N) is 2. The lowest BCUT2D eigenvalue weighted by Gasteiger charge is -2.30. The molecule has 7 nitrogen and oxygen atoms in total. The Labute approximate surface area is 120 Å². The van der Waals surface area contributed by atoms with Crippen LogP contribution in [-0.2, 0) is 0 Å². The smallest absolute Gasteiger partial charge is 0.231 e. The van der Waals surface area contributed by atoms with Gasteiger partial charge in [0.1, 0.15) is 0 Å². The number of hydrogen-bond donors (Lipinski definition) is 2. The second kappa shape index (κ2) is 6.69. The minimum Gasteiger partial charge on any atom is -0.354 e. The molecule has 20 heavy (non-hydrogen) atoms. The Morgan fingerprint density at radius 1 is 1.25 bits per heavy atom. The molecule has 0 bridgehead atoms. The molecule has 0 aliphatic carbocycles. The maximum Gasteiger partial charge on any atom is 0.231 e. The Morgan fingerprint density at radius 3 is 2.65 bits per heavy atom. The fourth-order valence-electron chi connectivity index (χ4n) is 2.33. The van der Waals surface area contributed by atoms with Gasteiger partial charge in [0.2, 0.25) is 17.8 Å². The first-order valence-electron chi connectivity index (χ1n) is 7.21. The SMILES string of the molecule is CCNc1nc(NC2CCCN(C)C2)nc(N(C)C)n1. The predicted molar refractivity (Wildman–Crippen MR) is 82.5 cm³/mol. The molecule has 1 saturated heterocycles. The van der Waals surface area contributed by atoms with E-state index in [0.717, 1.165) is 19.5 Å². The highest BCUT2D eigenvalue weighted by atomic mass is 15.3. The fraction of sp³-hybridized carbons (Fsp3) is 0.769. The van der Waals surface area contributed by atoms with E-state index in [9.17, 15) is 0 Å². The summed E-state index contributed by atoms with van der Waals surface area (Å²) in [6.45, 7) is 5.02. The lowest BCUT2D eigenvalue weighted by molar-refractivity contribution is 0.260. The van der Waals surface area contributed by atoms with Crippen LogP contribution in [0.1, 0.15) is 19.8 Å². The molecule has 1 aliphatic rings. The van der Waals surface area contributed by atoms with Gasteiger partial charge in [0.15, 0.2) is 0 Å². The van der Waals surface area contributed by atoms with E-state index in [4.69, 9.17) is 0 Å². The molecule has 1 aromatic heterocycles. The molecule has 0 spiro atoms. The van der Waals surface area contributed by atoms with Crippen molar-refractivity contribution >= 4 is 17.8 Å². The summed E-state index contributed by atoms with van der Waals surface area (Å²) in [6, 6.07) is 0.403. The summed E-state index contributed by atoms with van der Waals surface area (Å²) in [4.78, 5) is 17.5. The molecule has 2 rings (SSSR count). The third-order valence-electron chi connectivity index (χ3n) is 3.32. The Balaban J connectivity index is 2.12. The van der Waals surface area contributed by atoms with Gasteiger partial charge in [-0.3, -0.25) is 0 Å². The summed E-state index contributed by atoms with van der Waals surface area (Å²) in [6.07, 6.45) is 2.36. The average molecular weight is 279 g/mol. The minimum absolute atomic E-state index is 0.403. The summed E-state index contributed by atoms with van der Waals surface area (Å²) in [5.74, 6) is 1.94. The van der Waals surface area contributed by atoms with Crippen LogP contribution < -0.4 is 15.5 Å². The van der Waals surface area contributed by atoms with Crippen molar-refractivity contribution in [3.8, 4) is 0 Å². The van der Waals surface area contributed by atoms with Crippen LogP contribution in [-0.4, -0.2) is 66.7 Å². The van der Waals surface area contributed by atoms with Crippen LogP contribution in [0, 0.1) is 0 Å². The monoisotopic (exact) mass is 279 g/mol. The highest BCUT2D eigenvalue weighted by Crippen LogP contribution is 2.15. The quantitative estimate of drug-likeness (QED) is 0.829. The maximum absolute atomic E-state index is 4.47. The molecule has 0 amide bonds. The Kier molecular flexibility index (Phi) is 4.94. The van der Waals surface area contributed by atoms with Crippen LogP contribution in [0.25, 0.3) is 0 Å². The predicted octanol–water partition coefficient (Wildman–Crippen LogP) is 0.875. The zero-order chi connectivity index (χ0) is 14.5. The summed E-state index contributed by atoms with van der Waals surface area (Å²) in [7, 11) is 6.02. The van der Waals surface area contributed by atoms with Gasteiger partial charge in [0, 0.05) is 33.2 Å². The third kappa shape index (κ3) is 3.93. The molecule has 1 fully saturated rings. The molecule has 1 unspecified atom stereocenters. The first-order chi connectivity index (χ1) is 9.58. The van der Waals surface area contributed by atoms with E-state index in [1.54, 1.807) is 0 Å². The largest absolute Gasteiger partial charge is 0.354 e.